The van der Waals surface area contributed by atoms with Crippen LogP contribution in [0.15, 0.2) is 48.4 Å². The van der Waals surface area contributed by atoms with Crippen LogP contribution in [0.4, 0.5) is 5.69 Å². The van der Waals surface area contributed by atoms with Gasteiger partial charge >= 0.3 is 5.88 Å². The highest BCUT2D eigenvalue weighted by molar-refractivity contribution is 5.67. The summed E-state index contributed by atoms with van der Waals surface area (Å²) < 4.78 is 5.85. The molecule has 0 saturated carbocycles. The first-order chi connectivity index (χ1) is 10.4. The van der Waals surface area contributed by atoms with Gasteiger partial charge in [-0.15, -0.1) is 0 Å². The molecular formula is C16H18N2O4. The van der Waals surface area contributed by atoms with Gasteiger partial charge < -0.3 is 14.7 Å². The lowest BCUT2D eigenvalue weighted by Gasteiger charge is -2.44. The predicted octanol–water partition coefficient (Wildman–Crippen LogP) is 2.18. The van der Waals surface area contributed by atoms with Gasteiger partial charge in [0, 0.05) is 12.2 Å². The fourth-order valence-electron chi connectivity index (χ4n) is 3.40. The second-order valence-electron chi connectivity index (χ2n) is 5.94. The molecule has 0 fully saturated rings. The number of para-hydroxylation sites is 1. The fraction of sp³-hybridized carbons (Fsp3) is 0.375. The van der Waals surface area contributed by atoms with Crippen molar-refractivity contribution < 1.29 is 14.8 Å². The summed E-state index contributed by atoms with van der Waals surface area (Å²) in [5.74, 6) is -0.286. The average Bonchev–Trinajstić information content (AvgIpc) is 2.68. The molecular weight excluding hydrogens is 284 g/mol. The number of nitrogens with zero attached hydrogens (tertiary/aromatic N) is 2. The standard InChI is InChI=1S/C16H18N2O4/c1-15(2)12-6-3-4-7-13(12)17(10-11-19)16(15)9-5-8-14(22-16)18(20)21/h3-9,19H,10-11H2,1-2H3. The van der Waals surface area contributed by atoms with Gasteiger partial charge in [-0.1, -0.05) is 18.2 Å². The molecule has 0 bridgehead atoms. The first-order valence-corrected chi connectivity index (χ1v) is 7.15. The van der Waals surface area contributed by atoms with Gasteiger partial charge in [0.15, 0.2) is 0 Å². The van der Waals surface area contributed by atoms with E-state index >= 15 is 0 Å². The smallest absolute Gasteiger partial charge is 0.409 e. The zero-order chi connectivity index (χ0) is 16.0. The zero-order valence-corrected chi connectivity index (χ0v) is 12.5. The maximum atomic E-state index is 11.2. The van der Waals surface area contributed by atoms with Gasteiger partial charge in [0.05, 0.1) is 18.1 Å². The number of rotatable bonds is 3. The van der Waals surface area contributed by atoms with Crippen molar-refractivity contribution in [2.24, 2.45) is 0 Å². The van der Waals surface area contributed by atoms with E-state index in [4.69, 9.17) is 4.74 Å². The molecule has 2 aliphatic rings. The number of hydrogen-bond acceptors (Lipinski definition) is 5. The summed E-state index contributed by atoms with van der Waals surface area (Å²) >= 11 is 0. The highest BCUT2D eigenvalue weighted by Crippen LogP contribution is 2.54. The number of anilines is 1. The third-order valence-electron chi connectivity index (χ3n) is 4.49. The average molecular weight is 302 g/mol. The van der Waals surface area contributed by atoms with Crippen molar-refractivity contribution >= 4 is 5.69 Å². The monoisotopic (exact) mass is 302 g/mol. The lowest BCUT2D eigenvalue weighted by atomic mass is 9.77. The van der Waals surface area contributed by atoms with Crippen LogP contribution < -0.4 is 4.90 Å². The SMILES string of the molecule is CC1(C)c2ccccc2N(CCO)C12C=CC=C([N+](=O)[O-])O2. The molecule has 2 heterocycles. The van der Waals surface area contributed by atoms with E-state index in [9.17, 15) is 15.2 Å². The van der Waals surface area contributed by atoms with Crippen LogP contribution in [0.2, 0.25) is 0 Å². The topological polar surface area (TPSA) is 75.8 Å². The Balaban J connectivity index is 2.17. The molecule has 0 aliphatic carbocycles. The van der Waals surface area contributed by atoms with Gasteiger partial charge in [-0.25, -0.2) is 0 Å². The van der Waals surface area contributed by atoms with Gasteiger partial charge in [-0.3, -0.25) is 10.1 Å². The first kappa shape index (κ1) is 14.6. The molecule has 1 unspecified atom stereocenters. The van der Waals surface area contributed by atoms with Crippen LogP contribution in [0, 0.1) is 10.1 Å². The number of aliphatic hydroxyl groups excluding tert-OH is 1. The van der Waals surface area contributed by atoms with Crippen molar-refractivity contribution in [2.45, 2.75) is 25.0 Å². The normalized spacial score (nSPS) is 24.9. The Kier molecular flexibility index (Phi) is 3.21. The molecule has 3 rings (SSSR count). The molecule has 1 aromatic rings. The van der Waals surface area contributed by atoms with Gasteiger partial charge in [0.1, 0.15) is 4.92 Å². The van der Waals surface area contributed by atoms with Crippen molar-refractivity contribution in [1.82, 2.24) is 0 Å². The van der Waals surface area contributed by atoms with Gasteiger partial charge in [-0.05, 0) is 37.6 Å². The van der Waals surface area contributed by atoms with Crippen molar-refractivity contribution in [3.63, 3.8) is 0 Å². The van der Waals surface area contributed by atoms with E-state index in [1.54, 1.807) is 6.08 Å². The summed E-state index contributed by atoms with van der Waals surface area (Å²) in [5, 5.41) is 20.6. The molecule has 6 heteroatoms. The van der Waals surface area contributed by atoms with E-state index in [-0.39, 0.29) is 12.5 Å². The first-order valence-electron chi connectivity index (χ1n) is 7.15. The maximum Gasteiger partial charge on any atom is 0.430 e. The number of nitro groups is 1. The van der Waals surface area contributed by atoms with Crippen LogP contribution in [0.25, 0.3) is 0 Å². The zero-order valence-electron chi connectivity index (χ0n) is 12.5. The van der Waals surface area contributed by atoms with Crippen LogP contribution >= 0.6 is 0 Å². The minimum Gasteiger partial charge on any atom is -0.409 e. The molecule has 1 atom stereocenters. The lowest BCUT2D eigenvalue weighted by Crippen LogP contribution is -2.58. The number of β-amino-alcohol motifs (C(OH)–C–C–N with tert-alkyl or cyclic N) is 1. The molecule has 0 amide bonds. The molecule has 0 aromatic heterocycles. The minimum absolute atomic E-state index is 0.0686. The van der Waals surface area contributed by atoms with Crippen LogP contribution in [-0.4, -0.2) is 28.9 Å². The third-order valence-corrected chi connectivity index (χ3v) is 4.49. The summed E-state index contributed by atoms with van der Waals surface area (Å²) in [6.45, 7) is 4.25. The number of ether oxygens (including phenoxy) is 1. The largest absolute Gasteiger partial charge is 0.430 e. The molecule has 0 radical (unpaired) electrons. The van der Waals surface area contributed by atoms with Gasteiger partial charge in [-0.2, -0.15) is 0 Å². The van der Waals surface area contributed by atoms with Crippen LogP contribution in [0.1, 0.15) is 19.4 Å². The second kappa shape index (κ2) is 4.84. The Bertz CT molecular complexity index is 680. The maximum absolute atomic E-state index is 11.2. The van der Waals surface area contributed by atoms with E-state index in [2.05, 4.69) is 0 Å². The Morgan fingerprint density at radius 3 is 2.77 bits per heavy atom. The Hall–Kier alpha value is -2.34. The number of hydrogen-bond donors (Lipinski definition) is 1. The van der Waals surface area contributed by atoms with Gasteiger partial charge in [0.25, 0.3) is 0 Å². The summed E-state index contributed by atoms with van der Waals surface area (Å²) in [5.41, 5.74) is 0.440. The Morgan fingerprint density at radius 2 is 2.09 bits per heavy atom. The van der Waals surface area contributed by atoms with Crippen molar-refractivity contribution in [3.05, 3.63) is 64.1 Å². The molecule has 1 aromatic carbocycles. The van der Waals surface area contributed by atoms with E-state index in [0.29, 0.717) is 6.54 Å². The summed E-state index contributed by atoms with van der Waals surface area (Å²) in [6.07, 6.45) is 4.83. The van der Waals surface area contributed by atoms with Crippen molar-refractivity contribution in [2.75, 3.05) is 18.1 Å². The minimum atomic E-state index is -1.02. The van der Waals surface area contributed by atoms with E-state index in [1.165, 1.54) is 6.08 Å². The van der Waals surface area contributed by atoms with E-state index in [1.807, 2.05) is 49.1 Å². The van der Waals surface area contributed by atoms with Crippen molar-refractivity contribution in [1.29, 1.82) is 0 Å². The number of aliphatic hydroxyl groups is 1. The molecule has 116 valence electrons. The molecule has 1 spiro atoms. The summed E-state index contributed by atoms with van der Waals surface area (Å²) in [4.78, 5) is 12.5. The molecule has 2 aliphatic heterocycles. The second-order valence-corrected chi connectivity index (χ2v) is 5.94. The van der Waals surface area contributed by atoms with Crippen molar-refractivity contribution in [3.8, 4) is 0 Å². The van der Waals surface area contributed by atoms with Crippen LogP contribution in [0.5, 0.6) is 0 Å². The Labute approximate surface area is 128 Å². The number of allylic oxidation sites excluding steroid dienone is 2. The molecule has 6 nitrogen and oxygen atoms in total. The quantitative estimate of drug-likeness (QED) is 0.684. The highest BCUT2D eigenvalue weighted by Gasteiger charge is 2.59. The highest BCUT2D eigenvalue weighted by atomic mass is 16.7. The number of benzene rings is 1. The summed E-state index contributed by atoms with van der Waals surface area (Å²) in [6, 6.07) is 7.79. The summed E-state index contributed by atoms with van der Waals surface area (Å²) in [7, 11) is 0. The van der Waals surface area contributed by atoms with E-state index in [0.717, 1.165) is 11.3 Å². The predicted molar refractivity (Wildman–Crippen MR) is 81.9 cm³/mol. The number of fused-ring (bicyclic) bond motifs is 1. The lowest BCUT2D eigenvalue weighted by molar-refractivity contribution is -0.472. The fourth-order valence-corrected chi connectivity index (χ4v) is 3.40. The van der Waals surface area contributed by atoms with Crippen LogP contribution in [-0.2, 0) is 10.2 Å². The van der Waals surface area contributed by atoms with Crippen LogP contribution in [0.3, 0.4) is 0 Å². The van der Waals surface area contributed by atoms with Gasteiger partial charge in [0.2, 0.25) is 5.72 Å². The molecule has 1 N–H and O–H groups in total. The van der Waals surface area contributed by atoms with E-state index < -0.39 is 16.1 Å². The molecule has 0 saturated heterocycles. The third kappa shape index (κ3) is 1.77. The molecule has 22 heavy (non-hydrogen) atoms. The Morgan fingerprint density at radius 1 is 1.36 bits per heavy atom.